The third-order valence-corrected chi connectivity index (χ3v) is 6.91. The molecule has 1 saturated heterocycles. The summed E-state index contributed by atoms with van der Waals surface area (Å²) >= 11 is 0. The van der Waals surface area contributed by atoms with Crippen molar-refractivity contribution < 1.29 is 17.6 Å². The van der Waals surface area contributed by atoms with Gasteiger partial charge in [0.15, 0.2) is 0 Å². The van der Waals surface area contributed by atoms with Crippen LogP contribution in [-0.2, 0) is 14.8 Å². The summed E-state index contributed by atoms with van der Waals surface area (Å²) in [6, 6.07) is 13.8. The van der Waals surface area contributed by atoms with E-state index in [1.165, 1.54) is 43.4 Å². The maximum Gasteiger partial charge on any atom is 0.243 e. The molecule has 1 fully saturated rings. The summed E-state index contributed by atoms with van der Waals surface area (Å²) in [5.41, 5.74) is 1.26. The fraction of sp³-hybridized carbons (Fsp3) is 0.333. The van der Waals surface area contributed by atoms with Crippen molar-refractivity contribution in [2.75, 3.05) is 44.7 Å². The zero-order valence-electron chi connectivity index (χ0n) is 16.7. The van der Waals surface area contributed by atoms with E-state index in [0.29, 0.717) is 25.2 Å². The summed E-state index contributed by atoms with van der Waals surface area (Å²) in [6.07, 6.45) is 0.731. The second-order valence-electron chi connectivity index (χ2n) is 7.10. The van der Waals surface area contributed by atoms with Gasteiger partial charge in [0.05, 0.1) is 23.1 Å². The number of hydrogen-bond donors (Lipinski definition) is 0. The van der Waals surface area contributed by atoms with Crippen molar-refractivity contribution in [3.8, 4) is 6.07 Å². The number of carbonyl (C=O) groups excluding carboxylic acids is 1. The lowest BCUT2D eigenvalue weighted by molar-refractivity contribution is -0.131. The predicted octanol–water partition coefficient (Wildman–Crippen LogP) is 2.06. The van der Waals surface area contributed by atoms with Crippen molar-refractivity contribution in [3.63, 3.8) is 0 Å². The van der Waals surface area contributed by atoms with E-state index < -0.39 is 10.0 Å². The molecule has 1 heterocycles. The van der Waals surface area contributed by atoms with Gasteiger partial charge < -0.3 is 9.80 Å². The molecule has 0 aromatic heterocycles. The maximum atomic E-state index is 13.1. The lowest BCUT2D eigenvalue weighted by atomic mass is 10.2. The van der Waals surface area contributed by atoms with Gasteiger partial charge in [-0.05, 0) is 55.0 Å². The fourth-order valence-electron chi connectivity index (χ4n) is 3.33. The summed E-state index contributed by atoms with van der Waals surface area (Å²) in [4.78, 5) is 16.5. The molecular formula is C21H23FN4O3S. The molecule has 9 heteroatoms. The number of nitriles is 1. The molecule has 2 aromatic carbocycles. The van der Waals surface area contributed by atoms with Crippen LogP contribution < -0.4 is 4.90 Å². The van der Waals surface area contributed by atoms with Crippen LogP contribution in [0.5, 0.6) is 0 Å². The number of anilines is 1. The van der Waals surface area contributed by atoms with Gasteiger partial charge in [0.2, 0.25) is 15.9 Å². The first-order valence-electron chi connectivity index (χ1n) is 9.56. The highest BCUT2D eigenvalue weighted by molar-refractivity contribution is 7.89. The summed E-state index contributed by atoms with van der Waals surface area (Å²) in [7, 11) is -2.47. The summed E-state index contributed by atoms with van der Waals surface area (Å²) < 4.78 is 39.6. The fourth-order valence-corrected chi connectivity index (χ4v) is 4.45. The van der Waals surface area contributed by atoms with Crippen LogP contribution in [0.15, 0.2) is 53.4 Å². The molecule has 30 heavy (non-hydrogen) atoms. The van der Waals surface area contributed by atoms with Crippen LogP contribution in [0, 0.1) is 17.1 Å². The van der Waals surface area contributed by atoms with E-state index in [1.54, 1.807) is 17.0 Å². The minimum absolute atomic E-state index is 0.0372. The quantitative estimate of drug-likeness (QED) is 0.725. The van der Waals surface area contributed by atoms with Crippen molar-refractivity contribution in [1.29, 1.82) is 5.26 Å². The molecule has 0 aliphatic carbocycles. The number of benzene rings is 2. The third-order valence-electron chi connectivity index (χ3n) is 5.09. The molecule has 0 radical (unpaired) electrons. The van der Waals surface area contributed by atoms with Crippen LogP contribution in [0.4, 0.5) is 10.1 Å². The van der Waals surface area contributed by atoms with E-state index in [0.717, 1.165) is 23.0 Å². The van der Waals surface area contributed by atoms with Gasteiger partial charge in [-0.2, -0.15) is 9.57 Å². The van der Waals surface area contributed by atoms with E-state index in [9.17, 15) is 17.6 Å². The number of rotatable bonds is 5. The van der Waals surface area contributed by atoms with Crippen LogP contribution in [0.3, 0.4) is 0 Å². The molecule has 1 aliphatic rings. The number of likely N-dealkylation sites (N-methyl/N-ethyl adjacent to an activating group) is 1. The summed E-state index contributed by atoms with van der Waals surface area (Å²) in [5.74, 6) is -0.562. The molecule has 0 bridgehead atoms. The molecule has 0 unspecified atom stereocenters. The molecule has 0 N–H and O–H groups in total. The minimum Gasteiger partial charge on any atom is -0.370 e. The van der Waals surface area contributed by atoms with E-state index in [1.807, 2.05) is 6.07 Å². The minimum atomic E-state index is -3.83. The van der Waals surface area contributed by atoms with Gasteiger partial charge in [-0.1, -0.05) is 0 Å². The number of sulfonamides is 1. The Bertz CT molecular complexity index is 1030. The largest absolute Gasteiger partial charge is 0.370 e. The molecule has 0 spiro atoms. The molecule has 0 atom stereocenters. The molecule has 1 amide bonds. The Balaban J connectivity index is 1.62. The molecule has 2 aromatic rings. The number of halogens is 1. The Morgan fingerprint density at radius 2 is 1.73 bits per heavy atom. The zero-order chi connectivity index (χ0) is 21.7. The monoisotopic (exact) mass is 430 g/mol. The highest BCUT2D eigenvalue weighted by Crippen LogP contribution is 2.18. The van der Waals surface area contributed by atoms with Crippen molar-refractivity contribution in [2.24, 2.45) is 0 Å². The van der Waals surface area contributed by atoms with E-state index in [-0.39, 0.29) is 23.2 Å². The van der Waals surface area contributed by atoms with Gasteiger partial charge in [0, 0.05) is 38.9 Å². The Hall–Kier alpha value is -2.96. The van der Waals surface area contributed by atoms with Crippen LogP contribution in [-0.4, -0.2) is 63.3 Å². The van der Waals surface area contributed by atoms with Crippen molar-refractivity contribution >= 4 is 21.6 Å². The Morgan fingerprint density at radius 3 is 2.37 bits per heavy atom. The van der Waals surface area contributed by atoms with Gasteiger partial charge in [-0.3, -0.25) is 4.79 Å². The lowest BCUT2D eigenvalue weighted by Crippen LogP contribution is -2.42. The van der Waals surface area contributed by atoms with Crippen molar-refractivity contribution in [2.45, 2.75) is 11.3 Å². The van der Waals surface area contributed by atoms with Crippen molar-refractivity contribution in [3.05, 3.63) is 59.9 Å². The lowest BCUT2D eigenvalue weighted by Gasteiger charge is -2.25. The van der Waals surface area contributed by atoms with Crippen LogP contribution in [0.2, 0.25) is 0 Å². The molecule has 7 nitrogen and oxygen atoms in total. The zero-order valence-corrected chi connectivity index (χ0v) is 17.5. The van der Waals surface area contributed by atoms with E-state index in [2.05, 4.69) is 4.90 Å². The molecular weight excluding hydrogens is 407 g/mol. The summed E-state index contributed by atoms with van der Waals surface area (Å²) in [5, 5.41) is 8.85. The van der Waals surface area contributed by atoms with E-state index in [4.69, 9.17) is 5.26 Å². The van der Waals surface area contributed by atoms with Gasteiger partial charge in [0.1, 0.15) is 5.82 Å². The first kappa shape index (κ1) is 21.7. The van der Waals surface area contributed by atoms with Gasteiger partial charge in [0.25, 0.3) is 0 Å². The smallest absolute Gasteiger partial charge is 0.243 e. The standard InChI is InChI=1S/C21H23FN4O3S/c1-24(30(28,29)20-9-3-17(15-23)4-10-20)16-21(27)26-12-2-11-25(13-14-26)19-7-5-18(22)6-8-19/h3-10H,2,11-14,16H2,1H3. The second-order valence-corrected chi connectivity index (χ2v) is 9.14. The predicted molar refractivity (Wildman–Crippen MR) is 111 cm³/mol. The highest BCUT2D eigenvalue weighted by Gasteiger charge is 2.26. The first-order valence-corrected chi connectivity index (χ1v) is 11.0. The molecule has 158 valence electrons. The SMILES string of the molecule is CN(CC(=O)N1CCCN(c2ccc(F)cc2)CC1)S(=O)(=O)c1ccc(C#N)cc1. The molecule has 1 aliphatic heterocycles. The number of amides is 1. The van der Waals surface area contributed by atoms with Gasteiger partial charge in [-0.15, -0.1) is 0 Å². The third kappa shape index (κ3) is 4.96. The molecule has 3 rings (SSSR count). The van der Waals surface area contributed by atoms with Crippen LogP contribution in [0.1, 0.15) is 12.0 Å². The topological polar surface area (TPSA) is 84.7 Å². The number of nitrogens with zero attached hydrogens (tertiary/aromatic N) is 4. The summed E-state index contributed by atoms with van der Waals surface area (Å²) in [6.45, 7) is 2.04. The van der Waals surface area contributed by atoms with Crippen LogP contribution >= 0.6 is 0 Å². The van der Waals surface area contributed by atoms with Gasteiger partial charge in [-0.25, -0.2) is 12.8 Å². The Labute approximate surface area is 176 Å². The maximum absolute atomic E-state index is 13.1. The second kappa shape index (κ2) is 9.24. The first-order chi connectivity index (χ1) is 14.3. The molecule has 0 saturated carbocycles. The van der Waals surface area contributed by atoms with E-state index >= 15 is 0 Å². The Morgan fingerprint density at radius 1 is 1.07 bits per heavy atom. The van der Waals surface area contributed by atoms with Crippen molar-refractivity contribution in [1.82, 2.24) is 9.21 Å². The highest BCUT2D eigenvalue weighted by atomic mass is 32.2. The average Bonchev–Trinajstić information content (AvgIpc) is 3.00. The number of hydrogen-bond acceptors (Lipinski definition) is 5. The average molecular weight is 431 g/mol. The number of carbonyl (C=O) groups is 1. The van der Waals surface area contributed by atoms with Gasteiger partial charge >= 0.3 is 0 Å². The van der Waals surface area contributed by atoms with Crippen LogP contribution in [0.25, 0.3) is 0 Å². The Kier molecular flexibility index (Phi) is 6.70. The normalized spacial score (nSPS) is 15.0.